The van der Waals surface area contributed by atoms with Gasteiger partial charge in [0.25, 0.3) is 5.89 Å². The Morgan fingerprint density at radius 1 is 1.47 bits per heavy atom. The summed E-state index contributed by atoms with van der Waals surface area (Å²) in [6.45, 7) is 0.768. The van der Waals surface area contributed by atoms with E-state index in [4.69, 9.17) is 15.0 Å². The zero-order valence-corrected chi connectivity index (χ0v) is 10.9. The van der Waals surface area contributed by atoms with E-state index < -0.39 is 0 Å². The number of halogens is 1. The van der Waals surface area contributed by atoms with Crippen LogP contribution in [0.3, 0.4) is 0 Å². The SMILES string of the molecule is COCc1nc(-c2ccc(Br)c(CN)c2)no1. The minimum atomic E-state index is 0.313. The summed E-state index contributed by atoms with van der Waals surface area (Å²) in [6, 6.07) is 5.76. The summed E-state index contributed by atoms with van der Waals surface area (Å²) in [6.07, 6.45) is 0. The fourth-order valence-corrected chi connectivity index (χ4v) is 1.83. The summed E-state index contributed by atoms with van der Waals surface area (Å²) in [5.74, 6) is 0.999. The normalized spacial score (nSPS) is 10.8. The first kappa shape index (κ1) is 12.2. The lowest BCUT2D eigenvalue weighted by atomic mass is 10.1. The van der Waals surface area contributed by atoms with E-state index in [9.17, 15) is 0 Å². The van der Waals surface area contributed by atoms with Gasteiger partial charge in [-0.25, -0.2) is 0 Å². The molecule has 2 aromatic rings. The highest BCUT2D eigenvalue weighted by molar-refractivity contribution is 9.10. The second kappa shape index (κ2) is 5.39. The minimum absolute atomic E-state index is 0.313. The lowest BCUT2D eigenvalue weighted by Gasteiger charge is -2.02. The topological polar surface area (TPSA) is 74.2 Å². The quantitative estimate of drug-likeness (QED) is 0.935. The van der Waals surface area contributed by atoms with E-state index in [1.807, 2.05) is 18.2 Å². The minimum Gasteiger partial charge on any atom is -0.375 e. The van der Waals surface area contributed by atoms with Crippen LogP contribution >= 0.6 is 15.9 Å². The van der Waals surface area contributed by atoms with Crippen LogP contribution in [0.1, 0.15) is 11.5 Å². The Hall–Kier alpha value is -1.24. The smallest absolute Gasteiger partial charge is 0.252 e. The third-order valence-corrected chi connectivity index (χ3v) is 3.03. The molecule has 0 unspecified atom stereocenters. The Bertz CT molecular complexity index is 513. The van der Waals surface area contributed by atoms with E-state index >= 15 is 0 Å². The Morgan fingerprint density at radius 2 is 2.29 bits per heavy atom. The number of benzene rings is 1. The molecule has 90 valence electrons. The molecule has 0 aliphatic rings. The monoisotopic (exact) mass is 297 g/mol. The number of ether oxygens (including phenoxy) is 1. The van der Waals surface area contributed by atoms with E-state index in [1.165, 1.54) is 0 Å². The first-order chi connectivity index (χ1) is 8.24. The number of hydrogen-bond donors (Lipinski definition) is 1. The second-order valence-corrected chi connectivity index (χ2v) is 4.31. The van der Waals surface area contributed by atoms with Gasteiger partial charge in [-0.3, -0.25) is 0 Å². The van der Waals surface area contributed by atoms with Crippen LogP contribution in [0.25, 0.3) is 11.4 Å². The molecule has 0 spiro atoms. The summed E-state index contributed by atoms with van der Waals surface area (Å²) in [5, 5.41) is 3.89. The average molecular weight is 298 g/mol. The summed E-state index contributed by atoms with van der Waals surface area (Å²) in [4.78, 5) is 4.22. The number of methoxy groups -OCH3 is 1. The molecule has 1 aromatic carbocycles. The fraction of sp³-hybridized carbons (Fsp3) is 0.273. The molecule has 2 rings (SSSR count). The van der Waals surface area contributed by atoms with E-state index in [1.54, 1.807) is 7.11 Å². The summed E-state index contributed by atoms with van der Waals surface area (Å²) in [7, 11) is 1.58. The van der Waals surface area contributed by atoms with Gasteiger partial charge in [0.15, 0.2) is 0 Å². The average Bonchev–Trinajstić information content (AvgIpc) is 2.79. The summed E-state index contributed by atoms with van der Waals surface area (Å²) < 4.78 is 10.9. The van der Waals surface area contributed by atoms with Gasteiger partial charge in [-0.15, -0.1) is 0 Å². The van der Waals surface area contributed by atoms with E-state index in [2.05, 4.69) is 26.1 Å². The van der Waals surface area contributed by atoms with Crippen LogP contribution in [0.15, 0.2) is 27.2 Å². The predicted octanol–water partition coefficient (Wildman–Crippen LogP) is 2.10. The lowest BCUT2D eigenvalue weighted by Crippen LogP contribution is -1.97. The highest BCUT2D eigenvalue weighted by Gasteiger charge is 2.09. The van der Waals surface area contributed by atoms with Gasteiger partial charge in [-0.05, 0) is 23.8 Å². The van der Waals surface area contributed by atoms with Crippen molar-refractivity contribution in [1.82, 2.24) is 10.1 Å². The third kappa shape index (κ3) is 2.71. The molecule has 2 N–H and O–H groups in total. The van der Waals surface area contributed by atoms with Crippen LogP contribution in [-0.4, -0.2) is 17.3 Å². The highest BCUT2D eigenvalue weighted by atomic mass is 79.9. The van der Waals surface area contributed by atoms with Crippen molar-refractivity contribution in [2.45, 2.75) is 13.2 Å². The van der Waals surface area contributed by atoms with E-state index in [0.717, 1.165) is 15.6 Å². The van der Waals surface area contributed by atoms with Crippen LogP contribution in [0.4, 0.5) is 0 Å². The molecule has 0 amide bonds. The van der Waals surface area contributed by atoms with Crippen LogP contribution < -0.4 is 5.73 Å². The van der Waals surface area contributed by atoms with Gasteiger partial charge in [-0.2, -0.15) is 4.98 Å². The molecule has 1 heterocycles. The molecule has 0 saturated heterocycles. The van der Waals surface area contributed by atoms with Crippen molar-refractivity contribution in [3.05, 3.63) is 34.1 Å². The van der Waals surface area contributed by atoms with Gasteiger partial charge in [0.2, 0.25) is 5.82 Å². The van der Waals surface area contributed by atoms with Crippen molar-refractivity contribution in [2.24, 2.45) is 5.73 Å². The van der Waals surface area contributed by atoms with Gasteiger partial charge in [0.05, 0.1) is 0 Å². The van der Waals surface area contributed by atoms with Gasteiger partial charge in [0.1, 0.15) is 6.61 Å². The molecule has 0 aliphatic carbocycles. The Labute approximate surface area is 107 Å². The molecule has 1 aromatic heterocycles. The first-order valence-electron chi connectivity index (χ1n) is 5.05. The number of aromatic nitrogens is 2. The number of hydrogen-bond acceptors (Lipinski definition) is 5. The van der Waals surface area contributed by atoms with Crippen molar-refractivity contribution in [3.8, 4) is 11.4 Å². The lowest BCUT2D eigenvalue weighted by molar-refractivity contribution is 0.151. The maximum atomic E-state index is 5.64. The van der Waals surface area contributed by atoms with Gasteiger partial charge >= 0.3 is 0 Å². The Balaban J connectivity index is 2.32. The molecule has 6 heteroatoms. The van der Waals surface area contributed by atoms with Crippen molar-refractivity contribution in [2.75, 3.05) is 7.11 Å². The van der Waals surface area contributed by atoms with Gasteiger partial charge in [-0.1, -0.05) is 21.1 Å². The van der Waals surface area contributed by atoms with Gasteiger partial charge < -0.3 is 15.0 Å². The molecule has 0 fully saturated rings. The van der Waals surface area contributed by atoms with Crippen molar-refractivity contribution in [1.29, 1.82) is 0 Å². The molecule has 0 atom stereocenters. The molecular formula is C11H12BrN3O2. The largest absolute Gasteiger partial charge is 0.375 e. The Kier molecular flexibility index (Phi) is 3.88. The molecule has 0 bridgehead atoms. The number of nitrogens with two attached hydrogens (primary N) is 1. The number of nitrogens with zero attached hydrogens (tertiary/aromatic N) is 2. The molecule has 17 heavy (non-hydrogen) atoms. The second-order valence-electron chi connectivity index (χ2n) is 3.46. The zero-order chi connectivity index (χ0) is 12.3. The predicted molar refractivity (Wildman–Crippen MR) is 66.0 cm³/mol. The molecule has 0 radical (unpaired) electrons. The summed E-state index contributed by atoms with van der Waals surface area (Å²) in [5.41, 5.74) is 7.51. The van der Waals surface area contributed by atoms with Crippen LogP contribution in [0, 0.1) is 0 Å². The highest BCUT2D eigenvalue weighted by Crippen LogP contribution is 2.23. The third-order valence-electron chi connectivity index (χ3n) is 2.26. The van der Waals surface area contributed by atoms with Crippen molar-refractivity contribution in [3.63, 3.8) is 0 Å². The molecular weight excluding hydrogens is 286 g/mol. The maximum absolute atomic E-state index is 5.64. The van der Waals surface area contributed by atoms with E-state index in [0.29, 0.717) is 24.9 Å². The van der Waals surface area contributed by atoms with Crippen LogP contribution in [0.5, 0.6) is 0 Å². The zero-order valence-electron chi connectivity index (χ0n) is 9.31. The fourth-order valence-electron chi connectivity index (χ4n) is 1.42. The maximum Gasteiger partial charge on any atom is 0.252 e. The van der Waals surface area contributed by atoms with Crippen molar-refractivity contribution < 1.29 is 9.26 Å². The van der Waals surface area contributed by atoms with Crippen LogP contribution in [0.2, 0.25) is 0 Å². The summed E-state index contributed by atoms with van der Waals surface area (Å²) >= 11 is 3.43. The van der Waals surface area contributed by atoms with E-state index in [-0.39, 0.29) is 0 Å². The van der Waals surface area contributed by atoms with Crippen molar-refractivity contribution >= 4 is 15.9 Å². The molecule has 0 aliphatic heterocycles. The standard InChI is InChI=1S/C11H12BrN3O2/c1-16-6-10-14-11(15-17-10)7-2-3-9(12)8(4-7)5-13/h2-4H,5-6,13H2,1H3. The number of rotatable bonds is 4. The first-order valence-corrected chi connectivity index (χ1v) is 5.84. The van der Waals surface area contributed by atoms with Crippen LogP contribution in [-0.2, 0) is 17.9 Å². The Morgan fingerprint density at radius 3 is 3.00 bits per heavy atom. The van der Waals surface area contributed by atoms with Gasteiger partial charge in [0, 0.05) is 23.7 Å². The molecule has 5 nitrogen and oxygen atoms in total. The molecule has 0 saturated carbocycles.